The molecule has 0 aliphatic carbocycles. The van der Waals surface area contributed by atoms with E-state index >= 15 is 0 Å². The van der Waals surface area contributed by atoms with Crippen molar-refractivity contribution in [3.8, 4) is 0 Å². The van der Waals surface area contributed by atoms with Gasteiger partial charge in [-0.2, -0.15) is 0 Å². The summed E-state index contributed by atoms with van der Waals surface area (Å²) in [4.78, 5) is 38.2. The van der Waals surface area contributed by atoms with E-state index in [0.717, 1.165) is 63.7 Å². The molecule has 0 unspecified atom stereocenters. The predicted molar refractivity (Wildman–Crippen MR) is 284 cm³/mol. The van der Waals surface area contributed by atoms with E-state index in [1.807, 2.05) is 0 Å². The van der Waals surface area contributed by atoms with Crippen molar-refractivity contribution in [3.63, 3.8) is 0 Å². The smallest absolute Gasteiger partial charge is 0.306 e. The van der Waals surface area contributed by atoms with Crippen LogP contribution in [0.2, 0.25) is 0 Å². The van der Waals surface area contributed by atoms with Gasteiger partial charge in [-0.25, -0.2) is 0 Å². The second-order valence-corrected chi connectivity index (χ2v) is 21.1. The van der Waals surface area contributed by atoms with Crippen LogP contribution in [-0.2, 0) is 28.6 Å². The number of hydrogen-bond acceptors (Lipinski definition) is 6. The summed E-state index contributed by atoms with van der Waals surface area (Å²) < 4.78 is 16.9. The Morgan fingerprint density at radius 1 is 0.288 bits per heavy atom. The third kappa shape index (κ3) is 53.4. The topological polar surface area (TPSA) is 78.9 Å². The maximum atomic E-state index is 12.9. The van der Waals surface area contributed by atoms with Crippen molar-refractivity contribution >= 4 is 17.9 Å². The molecule has 6 nitrogen and oxygen atoms in total. The molecule has 0 spiro atoms. The minimum atomic E-state index is -0.762. The summed E-state index contributed by atoms with van der Waals surface area (Å²) in [5, 5.41) is 0. The van der Waals surface area contributed by atoms with Crippen molar-refractivity contribution < 1.29 is 28.6 Å². The summed E-state index contributed by atoms with van der Waals surface area (Å²) >= 11 is 0. The van der Waals surface area contributed by atoms with Crippen molar-refractivity contribution in [2.24, 2.45) is 5.92 Å². The molecule has 0 aromatic heterocycles. The summed E-state index contributed by atoms with van der Waals surface area (Å²) in [6.07, 6.45) is 59.5. The average molecular weight is 934 g/mol. The number of ether oxygens (including phenoxy) is 3. The van der Waals surface area contributed by atoms with E-state index < -0.39 is 6.10 Å². The Hall–Kier alpha value is -1.59. The Morgan fingerprint density at radius 2 is 0.500 bits per heavy atom. The Morgan fingerprint density at radius 3 is 0.742 bits per heavy atom. The van der Waals surface area contributed by atoms with Crippen LogP contribution in [0.1, 0.15) is 342 Å². The molecule has 0 aliphatic rings. The number of carbonyl (C=O) groups excluding carboxylic acids is 3. The Kier molecular flexibility index (Phi) is 53.0. The van der Waals surface area contributed by atoms with Gasteiger partial charge >= 0.3 is 17.9 Å². The van der Waals surface area contributed by atoms with Gasteiger partial charge in [0.15, 0.2) is 6.10 Å². The monoisotopic (exact) mass is 933 g/mol. The molecular weight excluding hydrogens is 817 g/mol. The van der Waals surface area contributed by atoms with Crippen LogP contribution < -0.4 is 0 Å². The molecule has 392 valence electrons. The predicted octanol–water partition coefficient (Wildman–Crippen LogP) is 19.8. The fraction of sp³-hybridized carbons (Fsp3) is 0.950. The third-order valence-corrected chi connectivity index (χ3v) is 13.8. The minimum Gasteiger partial charge on any atom is -0.462 e. The van der Waals surface area contributed by atoms with Crippen LogP contribution in [0.25, 0.3) is 0 Å². The lowest BCUT2D eigenvalue weighted by molar-refractivity contribution is -0.167. The Bertz CT molecular complexity index is 996. The Balaban J connectivity index is 4.28. The standard InChI is InChI=1S/C60H116O6/c1-5-7-9-11-13-15-17-19-20-21-22-23-28-32-36-40-44-48-52-59(62)65-55-57(54-64-58(61)51-47-43-39-35-31-26-18-16-14-12-10-8-6-2)66-60(63)53-49-45-41-37-33-29-25-24-27-30-34-38-42-46-50-56(3)4/h56-57H,5-55H2,1-4H3/t57-/m0/s1. The molecule has 0 saturated heterocycles. The average Bonchev–Trinajstić information content (AvgIpc) is 3.30. The molecule has 0 aliphatic heterocycles. The molecule has 1 atom stereocenters. The first kappa shape index (κ1) is 64.4. The molecule has 0 saturated carbocycles. The maximum absolute atomic E-state index is 12.9. The van der Waals surface area contributed by atoms with Crippen LogP contribution in [0, 0.1) is 5.92 Å². The van der Waals surface area contributed by atoms with Gasteiger partial charge in [-0.05, 0) is 25.2 Å². The van der Waals surface area contributed by atoms with Crippen LogP contribution in [0.15, 0.2) is 0 Å². The molecule has 0 N–H and O–H groups in total. The first-order valence-corrected chi connectivity index (χ1v) is 29.9. The summed E-state index contributed by atoms with van der Waals surface area (Å²) in [7, 11) is 0. The zero-order valence-electron chi connectivity index (χ0n) is 45.2. The molecule has 6 heteroatoms. The SMILES string of the molecule is CCCCCCCCCCCCCCCCCCCCC(=O)OC[C@H](COC(=O)CCCCCCCCCCCCCCC)OC(=O)CCCCCCCCCCCCCCCCC(C)C. The van der Waals surface area contributed by atoms with Gasteiger partial charge in [-0.15, -0.1) is 0 Å². The fourth-order valence-corrected chi connectivity index (χ4v) is 9.28. The molecule has 0 bridgehead atoms. The van der Waals surface area contributed by atoms with Crippen LogP contribution in [0.3, 0.4) is 0 Å². The van der Waals surface area contributed by atoms with E-state index in [0.29, 0.717) is 19.3 Å². The van der Waals surface area contributed by atoms with Gasteiger partial charge in [0.2, 0.25) is 0 Å². The van der Waals surface area contributed by atoms with Gasteiger partial charge in [0.1, 0.15) is 13.2 Å². The summed E-state index contributed by atoms with van der Waals surface area (Å²) in [6, 6.07) is 0. The number of carbonyl (C=O) groups is 3. The molecule has 0 radical (unpaired) electrons. The number of rotatable bonds is 55. The highest BCUT2D eigenvalue weighted by Gasteiger charge is 2.19. The van der Waals surface area contributed by atoms with Crippen molar-refractivity contribution in [3.05, 3.63) is 0 Å². The zero-order valence-corrected chi connectivity index (χ0v) is 45.2. The largest absolute Gasteiger partial charge is 0.462 e. The van der Waals surface area contributed by atoms with Gasteiger partial charge in [0.25, 0.3) is 0 Å². The van der Waals surface area contributed by atoms with Crippen LogP contribution in [-0.4, -0.2) is 37.2 Å². The molecular formula is C60H116O6. The molecule has 0 aromatic carbocycles. The van der Waals surface area contributed by atoms with Crippen molar-refractivity contribution in [2.45, 2.75) is 348 Å². The minimum absolute atomic E-state index is 0.0616. The molecule has 0 fully saturated rings. The van der Waals surface area contributed by atoms with E-state index in [1.165, 1.54) is 238 Å². The maximum Gasteiger partial charge on any atom is 0.306 e. The Labute approximate surface area is 412 Å². The van der Waals surface area contributed by atoms with E-state index in [4.69, 9.17) is 14.2 Å². The van der Waals surface area contributed by atoms with Gasteiger partial charge in [0.05, 0.1) is 0 Å². The van der Waals surface area contributed by atoms with E-state index in [-0.39, 0.29) is 31.1 Å². The highest BCUT2D eigenvalue weighted by molar-refractivity contribution is 5.71. The van der Waals surface area contributed by atoms with E-state index in [9.17, 15) is 14.4 Å². The first-order valence-electron chi connectivity index (χ1n) is 29.9. The molecule has 66 heavy (non-hydrogen) atoms. The lowest BCUT2D eigenvalue weighted by Gasteiger charge is -2.18. The van der Waals surface area contributed by atoms with Gasteiger partial charge in [-0.3, -0.25) is 14.4 Å². The normalized spacial score (nSPS) is 12.0. The van der Waals surface area contributed by atoms with E-state index in [1.54, 1.807) is 0 Å². The van der Waals surface area contributed by atoms with Crippen LogP contribution in [0.4, 0.5) is 0 Å². The second kappa shape index (κ2) is 54.4. The highest BCUT2D eigenvalue weighted by Crippen LogP contribution is 2.18. The lowest BCUT2D eigenvalue weighted by Crippen LogP contribution is -2.30. The third-order valence-electron chi connectivity index (χ3n) is 13.8. The number of unbranched alkanes of at least 4 members (excludes halogenated alkanes) is 42. The summed E-state index contributed by atoms with van der Waals surface area (Å²) in [5.74, 6) is 0.0107. The van der Waals surface area contributed by atoms with Crippen molar-refractivity contribution in [1.82, 2.24) is 0 Å². The van der Waals surface area contributed by atoms with Gasteiger partial charge < -0.3 is 14.2 Å². The zero-order chi connectivity index (χ0) is 48.1. The van der Waals surface area contributed by atoms with Gasteiger partial charge in [-0.1, -0.05) is 304 Å². The van der Waals surface area contributed by atoms with Crippen molar-refractivity contribution in [1.29, 1.82) is 0 Å². The lowest BCUT2D eigenvalue weighted by atomic mass is 10.0. The van der Waals surface area contributed by atoms with E-state index in [2.05, 4.69) is 27.7 Å². The quantitative estimate of drug-likeness (QED) is 0.0343. The second-order valence-electron chi connectivity index (χ2n) is 21.1. The summed E-state index contributed by atoms with van der Waals surface area (Å²) in [6.45, 7) is 9.07. The van der Waals surface area contributed by atoms with Crippen LogP contribution in [0.5, 0.6) is 0 Å². The molecule has 0 aromatic rings. The number of esters is 3. The molecule has 0 amide bonds. The van der Waals surface area contributed by atoms with Crippen molar-refractivity contribution in [2.75, 3.05) is 13.2 Å². The summed E-state index contributed by atoms with van der Waals surface area (Å²) in [5.41, 5.74) is 0. The first-order chi connectivity index (χ1) is 32.4. The highest BCUT2D eigenvalue weighted by atomic mass is 16.6. The molecule has 0 heterocycles. The van der Waals surface area contributed by atoms with Crippen LogP contribution >= 0.6 is 0 Å². The number of hydrogen-bond donors (Lipinski definition) is 0. The fourth-order valence-electron chi connectivity index (χ4n) is 9.28. The van der Waals surface area contributed by atoms with Gasteiger partial charge in [0, 0.05) is 19.3 Å². The molecule has 0 rings (SSSR count).